The Labute approximate surface area is 146 Å². The number of aliphatic hydroxyl groups excluding tert-OH is 1. The van der Waals surface area contributed by atoms with E-state index in [-0.39, 0.29) is 30.5 Å². The molecular formula is C17H23N5O3. The van der Waals surface area contributed by atoms with Gasteiger partial charge in [-0.2, -0.15) is 0 Å². The maximum atomic E-state index is 11.8. The van der Waals surface area contributed by atoms with E-state index >= 15 is 0 Å². The molecule has 25 heavy (non-hydrogen) atoms. The SMILES string of the molecule is CCN(CCO)c1ncnc(N(CC)c2cccc(C)c2)c1[N+](=O)[O-]. The van der Waals surface area contributed by atoms with E-state index in [1.54, 1.807) is 9.80 Å². The van der Waals surface area contributed by atoms with Crippen LogP contribution in [0.5, 0.6) is 0 Å². The van der Waals surface area contributed by atoms with Crippen molar-refractivity contribution in [3.05, 3.63) is 46.3 Å². The Kier molecular flexibility index (Phi) is 6.24. The van der Waals surface area contributed by atoms with E-state index in [1.807, 2.05) is 45.0 Å². The lowest BCUT2D eigenvalue weighted by Gasteiger charge is -2.25. The lowest BCUT2D eigenvalue weighted by Crippen LogP contribution is -2.29. The first-order valence-corrected chi connectivity index (χ1v) is 8.22. The van der Waals surface area contributed by atoms with Gasteiger partial charge in [0, 0.05) is 25.3 Å². The van der Waals surface area contributed by atoms with Crippen LogP contribution in [0.25, 0.3) is 0 Å². The predicted octanol–water partition coefficient (Wildman–Crippen LogP) is 2.67. The summed E-state index contributed by atoms with van der Waals surface area (Å²) in [5.74, 6) is 0.470. The fourth-order valence-electron chi connectivity index (χ4n) is 2.74. The second-order valence-electron chi connectivity index (χ2n) is 5.51. The molecule has 0 saturated carbocycles. The highest BCUT2D eigenvalue weighted by molar-refractivity contribution is 5.76. The average molecular weight is 345 g/mol. The number of aliphatic hydroxyl groups is 1. The van der Waals surface area contributed by atoms with Crippen molar-refractivity contribution in [1.82, 2.24) is 9.97 Å². The van der Waals surface area contributed by atoms with Crippen LogP contribution in [0.15, 0.2) is 30.6 Å². The molecule has 1 heterocycles. The van der Waals surface area contributed by atoms with E-state index in [0.717, 1.165) is 11.3 Å². The van der Waals surface area contributed by atoms with Crippen LogP contribution in [-0.4, -0.2) is 46.2 Å². The molecule has 0 aliphatic carbocycles. The van der Waals surface area contributed by atoms with Crippen LogP contribution in [-0.2, 0) is 0 Å². The molecule has 2 aromatic rings. The molecule has 1 aromatic heterocycles. The van der Waals surface area contributed by atoms with Crippen molar-refractivity contribution < 1.29 is 10.0 Å². The molecule has 0 spiro atoms. The second kappa shape index (κ2) is 8.39. The molecule has 2 rings (SSSR count). The smallest absolute Gasteiger partial charge is 0.353 e. The molecule has 8 nitrogen and oxygen atoms in total. The van der Waals surface area contributed by atoms with Crippen molar-refractivity contribution in [2.75, 3.05) is 36.0 Å². The van der Waals surface area contributed by atoms with Crippen molar-refractivity contribution in [3.63, 3.8) is 0 Å². The summed E-state index contributed by atoms with van der Waals surface area (Å²) in [7, 11) is 0. The van der Waals surface area contributed by atoms with Crippen molar-refractivity contribution in [3.8, 4) is 0 Å². The monoisotopic (exact) mass is 345 g/mol. The van der Waals surface area contributed by atoms with Gasteiger partial charge in [-0.25, -0.2) is 9.97 Å². The summed E-state index contributed by atoms with van der Waals surface area (Å²) >= 11 is 0. The fourth-order valence-corrected chi connectivity index (χ4v) is 2.74. The molecule has 134 valence electrons. The third-order valence-corrected chi connectivity index (χ3v) is 3.90. The zero-order chi connectivity index (χ0) is 18.4. The molecule has 8 heteroatoms. The molecule has 0 bridgehead atoms. The molecule has 0 unspecified atom stereocenters. The van der Waals surface area contributed by atoms with Crippen LogP contribution in [0.2, 0.25) is 0 Å². The van der Waals surface area contributed by atoms with Gasteiger partial charge in [-0.1, -0.05) is 12.1 Å². The number of aromatic nitrogens is 2. The van der Waals surface area contributed by atoms with E-state index in [4.69, 9.17) is 0 Å². The van der Waals surface area contributed by atoms with E-state index in [9.17, 15) is 15.2 Å². The fraction of sp³-hybridized carbons (Fsp3) is 0.412. The quantitative estimate of drug-likeness (QED) is 0.580. The first-order valence-electron chi connectivity index (χ1n) is 8.22. The third kappa shape index (κ3) is 4.03. The largest absolute Gasteiger partial charge is 0.395 e. The maximum absolute atomic E-state index is 11.8. The molecular weight excluding hydrogens is 322 g/mol. The minimum atomic E-state index is -0.455. The van der Waals surface area contributed by atoms with Crippen LogP contribution in [0.4, 0.5) is 23.0 Å². The van der Waals surface area contributed by atoms with Crippen molar-refractivity contribution in [1.29, 1.82) is 0 Å². The van der Waals surface area contributed by atoms with Crippen LogP contribution in [0.1, 0.15) is 19.4 Å². The Balaban J connectivity index is 2.61. The van der Waals surface area contributed by atoms with E-state index in [1.165, 1.54) is 6.33 Å². The summed E-state index contributed by atoms with van der Waals surface area (Å²) < 4.78 is 0. The average Bonchev–Trinajstić information content (AvgIpc) is 2.60. The lowest BCUT2D eigenvalue weighted by atomic mass is 10.2. The highest BCUT2D eigenvalue weighted by Crippen LogP contribution is 2.37. The van der Waals surface area contributed by atoms with Gasteiger partial charge in [-0.05, 0) is 38.5 Å². The summed E-state index contributed by atoms with van der Waals surface area (Å²) in [5.41, 5.74) is 1.74. The molecule has 0 fully saturated rings. The Morgan fingerprint density at radius 2 is 1.92 bits per heavy atom. The molecule has 0 aliphatic heterocycles. The topological polar surface area (TPSA) is 95.6 Å². The summed E-state index contributed by atoms with van der Waals surface area (Å²) in [4.78, 5) is 23.1. The van der Waals surface area contributed by atoms with Crippen molar-refractivity contribution in [2.24, 2.45) is 0 Å². The third-order valence-electron chi connectivity index (χ3n) is 3.90. The highest BCUT2D eigenvalue weighted by atomic mass is 16.6. The van der Waals surface area contributed by atoms with Gasteiger partial charge in [0.2, 0.25) is 11.6 Å². The summed E-state index contributed by atoms with van der Waals surface area (Å²) in [6.07, 6.45) is 1.33. The van der Waals surface area contributed by atoms with E-state index < -0.39 is 4.92 Å². The molecule has 1 N–H and O–H groups in total. The van der Waals surface area contributed by atoms with Crippen molar-refractivity contribution >= 4 is 23.0 Å². The Morgan fingerprint density at radius 1 is 1.20 bits per heavy atom. The second-order valence-corrected chi connectivity index (χ2v) is 5.51. The standard InChI is InChI=1S/C17H23N5O3/c1-4-20(9-10-23)16-15(22(24)25)17(19-12-18-16)21(5-2)14-8-6-7-13(3)11-14/h6-8,11-12,23H,4-5,9-10H2,1-3H3. The molecule has 0 saturated heterocycles. The number of aryl methyl sites for hydroxylation is 1. The van der Waals surface area contributed by atoms with Gasteiger partial charge in [0.05, 0.1) is 11.5 Å². The summed E-state index contributed by atoms with van der Waals surface area (Å²) in [6.45, 7) is 6.92. The number of nitro groups is 1. The molecule has 0 aliphatic rings. The van der Waals surface area contributed by atoms with E-state index in [2.05, 4.69) is 9.97 Å². The highest BCUT2D eigenvalue weighted by Gasteiger charge is 2.29. The minimum absolute atomic E-state index is 0.111. The van der Waals surface area contributed by atoms with Gasteiger partial charge in [0.1, 0.15) is 6.33 Å². The molecule has 0 atom stereocenters. The number of hydrogen-bond donors (Lipinski definition) is 1. The van der Waals surface area contributed by atoms with Crippen LogP contribution in [0, 0.1) is 17.0 Å². The van der Waals surface area contributed by atoms with Crippen LogP contribution >= 0.6 is 0 Å². The molecule has 1 aromatic carbocycles. The number of anilines is 3. The van der Waals surface area contributed by atoms with Gasteiger partial charge in [-0.3, -0.25) is 10.1 Å². The van der Waals surface area contributed by atoms with Gasteiger partial charge in [0.25, 0.3) is 0 Å². The number of nitrogens with zero attached hydrogens (tertiary/aromatic N) is 5. The first-order chi connectivity index (χ1) is 12.0. The van der Waals surface area contributed by atoms with Gasteiger partial charge >= 0.3 is 5.69 Å². The first kappa shape index (κ1) is 18.6. The number of rotatable bonds is 8. The van der Waals surface area contributed by atoms with Gasteiger partial charge in [-0.15, -0.1) is 0 Å². The Hall–Kier alpha value is -2.74. The van der Waals surface area contributed by atoms with Crippen LogP contribution in [0.3, 0.4) is 0 Å². The summed E-state index contributed by atoms with van der Waals surface area (Å²) in [5, 5.41) is 21.0. The molecule has 0 amide bonds. The van der Waals surface area contributed by atoms with E-state index in [0.29, 0.717) is 13.1 Å². The maximum Gasteiger partial charge on any atom is 0.353 e. The Bertz CT molecular complexity index is 738. The number of hydrogen-bond acceptors (Lipinski definition) is 7. The predicted molar refractivity (Wildman–Crippen MR) is 97.5 cm³/mol. The number of benzene rings is 1. The lowest BCUT2D eigenvalue weighted by molar-refractivity contribution is -0.383. The Morgan fingerprint density at radius 3 is 2.48 bits per heavy atom. The molecule has 0 radical (unpaired) electrons. The van der Waals surface area contributed by atoms with Gasteiger partial charge in [0.15, 0.2) is 0 Å². The zero-order valence-corrected chi connectivity index (χ0v) is 14.7. The zero-order valence-electron chi connectivity index (χ0n) is 14.7. The number of likely N-dealkylation sites (N-methyl/N-ethyl adjacent to an activating group) is 1. The van der Waals surface area contributed by atoms with Gasteiger partial charge < -0.3 is 14.9 Å². The minimum Gasteiger partial charge on any atom is -0.395 e. The summed E-state index contributed by atoms with van der Waals surface area (Å²) in [6, 6.07) is 7.73. The van der Waals surface area contributed by atoms with Crippen molar-refractivity contribution in [2.45, 2.75) is 20.8 Å². The van der Waals surface area contributed by atoms with Crippen LogP contribution < -0.4 is 9.80 Å². The normalized spacial score (nSPS) is 10.6.